The van der Waals surface area contributed by atoms with E-state index in [1.165, 1.54) is 53.3 Å². The molecular weight excluding hydrogens is 441 g/mol. The van der Waals surface area contributed by atoms with Gasteiger partial charge in [0.2, 0.25) is 0 Å². The molecule has 166 valence electrons. The highest BCUT2D eigenvalue weighted by Gasteiger charge is 2.22. The number of nitrogens with zero attached hydrogens (tertiary/aromatic N) is 4. The van der Waals surface area contributed by atoms with Crippen LogP contribution in [0.2, 0.25) is 0 Å². The summed E-state index contributed by atoms with van der Waals surface area (Å²) in [6, 6.07) is 18.3. The Kier molecular flexibility index (Phi) is 5.80. The predicted molar refractivity (Wildman–Crippen MR) is 124 cm³/mol. The van der Waals surface area contributed by atoms with Crippen LogP contribution < -0.4 is 10.9 Å². The number of thiazole rings is 1. The van der Waals surface area contributed by atoms with Gasteiger partial charge >= 0.3 is 0 Å². The molecule has 5 rings (SSSR count). The number of fused-ring (bicyclic) bond motifs is 1. The molecule has 0 radical (unpaired) electrons. The molecule has 2 aromatic heterocycles. The molecule has 1 aliphatic heterocycles. The summed E-state index contributed by atoms with van der Waals surface area (Å²) in [6.07, 6.45) is 0.822. The highest BCUT2D eigenvalue weighted by molar-refractivity contribution is 7.15. The number of benzene rings is 2. The van der Waals surface area contributed by atoms with Gasteiger partial charge in [-0.15, -0.1) is 11.3 Å². The number of aromatic nitrogens is 3. The number of rotatable bonds is 5. The van der Waals surface area contributed by atoms with Crippen molar-refractivity contribution in [1.29, 1.82) is 0 Å². The zero-order valence-corrected chi connectivity index (χ0v) is 18.4. The minimum atomic E-state index is -0.460. The maximum Gasteiger partial charge on any atom is 0.277 e. The average molecular weight is 462 g/mol. The lowest BCUT2D eigenvalue weighted by molar-refractivity contribution is 0.102. The third kappa shape index (κ3) is 4.74. The van der Waals surface area contributed by atoms with Crippen LogP contribution in [0.4, 0.5) is 9.52 Å². The number of halogens is 1. The van der Waals surface area contributed by atoms with Crippen molar-refractivity contribution in [2.24, 2.45) is 0 Å². The molecule has 1 aliphatic rings. The van der Waals surface area contributed by atoms with Crippen LogP contribution in [0.5, 0.6) is 0 Å². The molecule has 0 bridgehead atoms. The molecule has 0 atom stereocenters. The molecular formula is C24H20FN5O2S. The summed E-state index contributed by atoms with van der Waals surface area (Å²) in [5, 5.41) is 7.45. The van der Waals surface area contributed by atoms with Crippen LogP contribution in [0.3, 0.4) is 0 Å². The molecule has 1 amide bonds. The van der Waals surface area contributed by atoms with Crippen LogP contribution in [0.25, 0.3) is 5.69 Å². The van der Waals surface area contributed by atoms with Crippen molar-refractivity contribution in [3.05, 3.63) is 105 Å². The first kappa shape index (κ1) is 21.2. The second-order valence-electron chi connectivity index (χ2n) is 7.73. The van der Waals surface area contributed by atoms with Crippen molar-refractivity contribution >= 4 is 22.4 Å². The normalized spacial score (nSPS) is 13.5. The van der Waals surface area contributed by atoms with Gasteiger partial charge < -0.3 is 0 Å². The van der Waals surface area contributed by atoms with Gasteiger partial charge in [-0.3, -0.25) is 19.8 Å². The largest absolute Gasteiger partial charge is 0.296 e. The molecule has 0 unspecified atom stereocenters. The van der Waals surface area contributed by atoms with Crippen LogP contribution in [0, 0.1) is 5.82 Å². The number of anilines is 1. The van der Waals surface area contributed by atoms with Gasteiger partial charge in [0.25, 0.3) is 11.5 Å². The highest BCUT2D eigenvalue weighted by Crippen LogP contribution is 2.29. The van der Waals surface area contributed by atoms with Crippen molar-refractivity contribution in [1.82, 2.24) is 19.7 Å². The van der Waals surface area contributed by atoms with Gasteiger partial charge in [-0.1, -0.05) is 30.3 Å². The maximum absolute atomic E-state index is 13.2. The molecule has 0 spiro atoms. The fourth-order valence-corrected chi connectivity index (χ4v) is 4.78. The van der Waals surface area contributed by atoms with Crippen LogP contribution in [0.1, 0.15) is 26.6 Å². The van der Waals surface area contributed by atoms with Gasteiger partial charge in [0.05, 0.1) is 11.4 Å². The van der Waals surface area contributed by atoms with Crippen LogP contribution in [-0.2, 0) is 19.5 Å². The molecule has 3 heterocycles. The Hall–Kier alpha value is -3.69. The van der Waals surface area contributed by atoms with Gasteiger partial charge in [0.1, 0.15) is 11.5 Å². The molecule has 7 nitrogen and oxygen atoms in total. The standard InChI is InChI=1S/C24H20FN5O2S/c25-17-6-8-18(9-7-17)30-22(31)11-10-20(28-30)23(32)27-24-26-19-12-13-29(15-21(19)33-24)14-16-4-2-1-3-5-16/h1-11H,12-15H2,(H,26,27,32). The molecule has 1 N–H and O–H groups in total. The molecule has 0 fully saturated rings. The fourth-order valence-electron chi connectivity index (χ4n) is 3.74. The lowest BCUT2D eigenvalue weighted by atomic mass is 10.1. The number of amides is 1. The number of carbonyl (C=O) groups is 1. The minimum absolute atomic E-state index is 0.0674. The van der Waals surface area contributed by atoms with Gasteiger partial charge in [-0.25, -0.2) is 9.37 Å². The quantitative estimate of drug-likeness (QED) is 0.491. The molecule has 33 heavy (non-hydrogen) atoms. The first-order valence-electron chi connectivity index (χ1n) is 10.5. The number of carbonyl (C=O) groups excluding carboxylic acids is 1. The van der Waals surface area contributed by atoms with E-state index >= 15 is 0 Å². The smallest absolute Gasteiger partial charge is 0.277 e. The van der Waals surface area contributed by atoms with Crippen molar-refractivity contribution < 1.29 is 9.18 Å². The molecule has 2 aromatic carbocycles. The van der Waals surface area contributed by atoms with E-state index in [1.807, 2.05) is 18.2 Å². The Balaban J connectivity index is 1.30. The van der Waals surface area contributed by atoms with Crippen molar-refractivity contribution in [3.8, 4) is 5.69 Å². The second kappa shape index (κ2) is 9.05. The summed E-state index contributed by atoms with van der Waals surface area (Å²) in [5.74, 6) is -0.881. The van der Waals surface area contributed by atoms with E-state index in [4.69, 9.17) is 0 Å². The minimum Gasteiger partial charge on any atom is -0.296 e. The Morgan fingerprint density at radius 2 is 1.85 bits per heavy atom. The van der Waals surface area contributed by atoms with E-state index in [0.29, 0.717) is 10.8 Å². The second-order valence-corrected chi connectivity index (χ2v) is 8.82. The first-order valence-corrected chi connectivity index (χ1v) is 11.3. The van der Waals surface area contributed by atoms with Gasteiger partial charge in [0, 0.05) is 37.0 Å². The monoisotopic (exact) mass is 461 g/mol. The van der Waals surface area contributed by atoms with E-state index in [-0.39, 0.29) is 5.69 Å². The van der Waals surface area contributed by atoms with Crippen molar-refractivity contribution in [2.75, 3.05) is 11.9 Å². The van der Waals surface area contributed by atoms with Crippen molar-refractivity contribution in [2.45, 2.75) is 19.5 Å². The van der Waals surface area contributed by atoms with E-state index in [0.717, 1.165) is 41.3 Å². The summed E-state index contributed by atoms with van der Waals surface area (Å²) in [7, 11) is 0. The van der Waals surface area contributed by atoms with Crippen LogP contribution in [0.15, 0.2) is 71.5 Å². The zero-order chi connectivity index (χ0) is 22.8. The number of nitrogens with one attached hydrogen (secondary N) is 1. The third-order valence-electron chi connectivity index (χ3n) is 5.38. The Bertz CT molecular complexity index is 1350. The Morgan fingerprint density at radius 1 is 1.06 bits per heavy atom. The van der Waals surface area contributed by atoms with Crippen LogP contribution in [-0.4, -0.2) is 32.1 Å². The predicted octanol–water partition coefficient (Wildman–Crippen LogP) is 3.64. The summed E-state index contributed by atoms with van der Waals surface area (Å²) in [6.45, 7) is 2.56. The summed E-state index contributed by atoms with van der Waals surface area (Å²) in [5.41, 5.74) is 2.30. The summed E-state index contributed by atoms with van der Waals surface area (Å²) < 4.78 is 14.3. The topological polar surface area (TPSA) is 80.1 Å². The van der Waals surface area contributed by atoms with Gasteiger partial charge in [0.15, 0.2) is 5.13 Å². The van der Waals surface area contributed by atoms with Crippen molar-refractivity contribution in [3.63, 3.8) is 0 Å². The first-order chi connectivity index (χ1) is 16.0. The molecule has 0 saturated heterocycles. The molecule has 0 saturated carbocycles. The average Bonchev–Trinajstić information content (AvgIpc) is 3.22. The summed E-state index contributed by atoms with van der Waals surface area (Å²) in [4.78, 5) is 33.1. The number of hydrogen-bond donors (Lipinski definition) is 1. The van der Waals surface area contributed by atoms with E-state index in [2.05, 4.69) is 32.4 Å². The lowest BCUT2D eigenvalue weighted by Gasteiger charge is -2.25. The zero-order valence-electron chi connectivity index (χ0n) is 17.6. The Morgan fingerprint density at radius 3 is 2.64 bits per heavy atom. The lowest BCUT2D eigenvalue weighted by Crippen LogP contribution is -2.29. The SMILES string of the molecule is O=C(Nc1nc2c(s1)CN(Cc1ccccc1)CC2)c1ccc(=O)n(-c2ccc(F)cc2)n1. The molecule has 0 aliphatic carbocycles. The number of hydrogen-bond acceptors (Lipinski definition) is 6. The van der Waals surface area contributed by atoms with Gasteiger partial charge in [-0.05, 0) is 35.9 Å². The van der Waals surface area contributed by atoms with E-state index < -0.39 is 17.3 Å². The van der Waals surface area contributed by atoms with Gasteiger partial charge in [-0.2, -0.15) is 9.78 Å². The summed E-state index contributed by atoms with van der Waals surface area (Å²) >= 11 is 1.46. The van der Waals surface area contributed by atoms with E-state index in [1.54, 1.807) is 0 Å². The maximum atomic E-state index is 13.2. The van der Waals surface area contributed by atoms with E-state index in [9.17, 15) is 14.0 Å². The Labute approximate surface area is 193 Å². The third-order valence-corrected chi connectivity index (χ3v) is 6.38. The highest BCUT2D eigenvalue weighted by atomic mass is 32.1. The van der Waals surface area contributed by atoms with Crippen LogP contribution >= 0.6 is 11.3 Å². The molecule has 4 aromatic rings. The fraction of sp³-hybridized carbons (Fsp3) is 0.167. The molecule has 9 heteroatoms.